The Kier molecular flexibility index (Phi) is 5.00. The lowest BCUT2D eigenvalue weighted by Crippen LogP contribution is -2.33. The van der Waals surface area contributed by atoms with Gasteiger partial charge in [0.2, 0.25) is 0 Å². The molecule has 102 valence electrons. The molecule has 6 heteroatoms. The third-order valence-corrected chi connectivity index (χ3v) is 2.04. The summed E-state index contributed by atoms with van der Waals surface area (Å²) in [5.74, 6) is 0.842. The van der Waals surface area contributed by atoms with Crippen LogP contribution in [-0.4, -0.2) is 34.6 Å². The van der Waals surface area contributed by atoms with E-state index in [0.717, 1.165) is 18.8 Å². The molecule has 6 nitrogen and oxygen atoms in total. The van der Waals surface area contributed by atoms with Crippen molar-refractivity contribution in [2.75, 3.05) is 18.4 Å². The molecule has 1 aromatic rings. The Morgan fingerprint density at radius 1 is 1.44 bits per heavy atom. The second-order valence-corrected chi connectivity index (χ2v) is 5.08. The van der Waals surface area contributed by atoms with Crippen LogP contribution in [0.1, 0.15) is 27.2 Å². The number of hydrogen-bond donors (Lipinski definition) is 2. The summed E-state index contributed by atoms with van der Waals surface area (Å²) in [6.07, 6.45) is 2.32. The molecule has 0 atom stereocenters. The molecule has 0 aliphatic carbocycles. The molecule has 0 aliphatic heterocycles. The minimum Gasteiger partial charge on any atom is -0.444 e. The second kappa shape index (κ2) is 6.28. The largest absolute Gasteiger partial charge is 0.444 e. The molecule has 1 amide bonds. The van der Waals surface area contributed by atoms with Crippen LogP contribution in [0.15, 0.2) is 12.3 Å². The minimum atomic E-state index is -0.448. The molecule has 0 saturated carbocycles. The fourth-order valence-corrected chi connectivity index (χ4v) is 1.32. The van der Waals surface area contributed by atoms with Crippen molar-refractivity contribution in [2.45, 2.75) is 32.8 Å². The summed E-state index contributed by atoms with van der Waals surface area (Å²) >= 11 is 0. The molecule has 0 spiro atoms. The predicted molar refractivity (Wildman–Crippen MR) is 70.6 cm³/mol. The van der Waals surface area contributed by atoms with Crippen molar-refractivity contribution in [1.29, 1.82) is 0 Å². The normalized spacial score (nSPS) is 11.1. The third-order valence-electron chi connectivity index (χ3n) is 2.04. The van der Waals surface area contributed by atoms with E-state index in [0.29, 0.717) is 6.54 Å². The van der Waals surface area contributed by atoms with E-state index in [2.05, 4.69) is 15.7 Å². The molecule has 2 N–H and O–H groups in total. The summed E-state index contributed by atoms with van der Waals surface area (Å²) in [5, 5.41) is 10.1. The van der Waals surface area contributed by atoms with Gasteiger partial charge in [-0.1, -0.05) is 0 Å². The van der Waals surface area contributed by atoms with Crippen molar-refractivity contribution in [3.63, 3.8) is 0 Å². The van der Waals surface area contributed by atoms with E-state index in [9.17, 15) is 4.79 Å². The highest BCUT2D eigenvalue weighted by Gasteiger charge is 2.15. The van der Waals surface area contributed by atoms with Gasteiger partial charge in [0.15, 0.2) is 0 Å². The standard InChI is InChI=1S/C12H22N4O2/c1-12(2,3)18-11(17)14-8-5-7-13-10-6-9-16(4)15-10/h6,9H,5,7-8H2,1-4H3,(H,13,15)(H,14,17). The van der Waals surface area contributed by atoms with Crippen LogP contribution in [0.2, 0.25) is 0 Å². The second-order valence-electron chi connectivity index (χ2n) is 5.08. The zero-order valence-corrected chi connectivity index (χ0v) is 11.5. The molecule has 0 bridgehead atoms. The first-order chi connectivity index (χ1) is 8.37. The number of nitrogens with zero attached hydrogens (tertiary/aromatic N) is 2. The molecule has 0 radical (unpaired) electrons. The number of carbonyl (C=O) groups is 1. The highest BCUT2D eigenvalue weighted by atomic mass is 16.6. The lowest BCUT2D eigenvalue weighted by atomic mass is 10.2. The lowest BCUT2D eigenvalue weighted by Gasteiger charge is -2.19. The Balaban J connectivity index is 2.07. The molecule has 1 aromatic heterocycles. The van der Waals surface area contributed by atoms with Gasteiger partial charge in [0.25, 0.3) is 0 Å². The fourth-order valence-electron chi connectivity index (χ4n) is 1.32. The smallest absolute Gasteiger partial charge is 0.407 e. The van der Waals surface area contributed by atoms with Crippen LogP contribution in [0.25, 0.3) is 0 Å². The van der Waals surface area contributed by atoms with Crippen LogP contribution in [-0.2, 0) is 11.8 Å². The monoisotopic (exact) mass is 254 g/mol. The number of rotatable bonds is 5. The topological polar surface area (TPSA) is 68.2 Å². The van der Waals surface area contributed by atoms with Crippen molar-refractivity contribution in [1.82, 2.24) is 15.1 Å². The number of aryl methyl sites for hydroxylation is 1. The molecule has 0 aliphatic rings. The molecular weight excluding hydrogens is 232 g/mol. The molecule has 0 unspecified atom stereocenters. The summed E-state index contributed by atoms with van der Waals surface area (Å²) in [6, 6.07) is 1.90. The van der Waals surface area contributed by atoms with Crippen LogP contribution in [0.5, 0.6) is 0 Å². The van der Waals surface area contributed by atoms with E-state index in [1.54, 1.807) is 4.68 Å². The van der Waals surface area contributed by atoms with E-state index in [1.807, 2.05) is 40.1 Å². The number of hydrogen-bond acceptors (Lipinski definition) is 4. The number of alkyl carbamates (subject to hydrolysis) is 1. The molecule has 0 saturated heterocycles. The van der Waals surface area contributed by atoms with Gasteiger partial charge in [-0.15, -0.1) is 0 Å². The van der Waals surface area contributed by atoms with Crippen molar-refractivity contribution in [3.05, 3.63) is 12.3 Å². The lowest BCUT2D eigenvalue weighted by molar-refractivity contribution is 0.0528. The Morgan fingerprint density at radius 2 is 2.17 bits per heavy atom. The maximum atomic E-state index is 11.3. The van der Waals surface area contributed by atoms with Crippen LogP contribution in [0.4, 0.5) is 10.6 Å². The van der Waals surface area contributed by atoms with Gasteiger partial charge in [-0.25, -0.2) is 4.79 Å². The SMILES string of the molecule is Cn1ccc(NCCCNC(=O)OC(C)(C)C)n1. The molecular formula is C12H22N4O2. The zero-order valence-electron chi connectivity index (χ0n) is 11.5. The predicted octanol–water partition coefficient (Wildman–Crippen LogP) is 1.75. The average Bonchev–Trinajstić information content (AvgIpc) is 2.61. The maximum Gasteiger partial charge on any atom is 0.407 e. The van der Waals surface area contributed by atoms with Crippen LogP contribution in [0, 0.1) is 0 Å². The van der Waals surface area contributed by atoms with Crippen LogP contribution >= 0.6 is 0 Å². The Morgan fingerprint density at radius 3 is 2.72 bits per heavy atom. The number of amides is 1. The van der Waals surface area contributed by atoms with Crippen molar-refractivity contribution in [3.8, 4) is 0 Å². The van der Waals surface area contributed by atoms with E-state index in [-0.39, 0.29) is 6.09 Å². The summed E-state index contributed by atoms with van der Waals surface area (Å²) < 4.78 is 6.86. The van der Waals surface area contributed by atoms with E-state index < -0.39 is 5.60 Å². The summed E-state index contributed by atoms with van der Waals surface area (Å²) in [6.45, 7) is 6.86. The van der Waals surface area contributed by atoms with E-state index in [4.69, 9.17) is 4.74 Å². The number of nitrogens with one attached hydrogen (secondary N) is 2. The first-order valence-corrected chi connectivity index (χ1v) is 6.07. The molecule has 0 fully saturated rings. The fraction of sp³-hybridized carbons (Fsp3) is 0.667. The van der Waals surface area contributed by atoms with Gasteiger partial charge >= 0.3 is 6.09 Å². The number of aromatic nitrogens is 2. The number of anilines is 1. The summed E-state index contributed by atoms with van der Waals surface area (Å²) in [5.41, 5.74) is -0.448. The van der Waals surface area contributed by atoms with E-state index in [1.165, 1.54) is 0 Å². The third kappa shape index (κ3) is 6.12. The van der Waals surface area contributed by atoms with Gasteiger partial charge in [-0.05, 0) is 27.2 Å². The first kappa shape index (κ1) is 14.3. The Hall–Kier alpha value is -1.72. The quantitative estimate of drug-likeness (QED) is 0.785. The van der Waals surface area contributed by atoms with Crippen molar-refractivity contribution < 1.29 is 9.53 Å². The van der Waals surface area contributed by atoms with Crippen LogP contribution < -0.4 is 10.6 Å². The molecule has 0 aromatic carbocycles. The molecule has 1 rings (SSSR count). The molecule has 1 heterocycles. The number of carbonyl (C=O) groups excluding carboxylic acids is 1. The Labute approximate surface area is 108 Å². The number of ether oxygens (including phenoxy) is 1. The highest BCUT2D eigenvalue weighted by Crippen LogP contribution is 2.06. The van der Waals surface area contributed by atoms with Crippen molar-refractivity contribution in [2.24, 2.45) is 7.05 Å². The van der Waals surface area contributed by atoms with Gasteiger partial charge in [0, 0.05) is 32.4 Å². The zero-order chi connectivity index (χ0) is 13.6. The first-order valence-electron chi connectivity index (χ1n) is 6.07. The van der Waals surface area contributed by atoms with Crippen LogP contribution in [0.3, 0.4) is 0 Å². The summed E-state index contributed by atoms with van der Waals surface area (Å²) in [7, 11) is 1.87. The van der Waals surface area contributed by atoms with Gasteiger partial charge < -0.3 is 15.4 Å². The maximum absolute atomic E-state index is 11.3. The summed E-state index contributed by atoms with van der Waals surface area (Å²) in [4.78, 5) is 11.3. The van der Waals surface area contributed by atoms with Gasteiger partial charge in [0.1, 0.15) is 11.4 Å². The van der Waals surface area contributed by atoms with Gasteiger partial charge in [-0.2, -0.15) is 5.10 Å². The van der Waals surface area contributed by atoms with Gasteiger partial charge in [0.05, 0.1) is 0 Å². The highest BCUT2D eigenvalue weighted by molar-refractivity contribution is 5.67. The molecule has 18 heavy (non-hydrogen) atoms. The average molecular weight is 254 g/mol. The van der Waals surface area contributed by atoms with Gasteiger partial charge in [-0.3, -0.25) is 4.68 Å². The van der Waals surface area contributed by atoms with Crippen molar-refractivity contribution >= 4 is 11.9 Å². The Bertz CT molecular complexity index is 382. The van der Waals surface area contributed by atoms with E-state index >= 15 is 0 Å². The minimum absolute atomic E-state index is 0.375.